The lowest BCUT2D eigenvalue weighted by molar-refractivity contribution is 0.107. The second-order valence-electron chi connectivity index (χ2n) is 14.1. The molecule has 47 heavy (non-hydrogen) atoms. The minimum Gasteiger partial charge on any atom is -0.487 e. The Kier molecular flexibility index (Phi) is 6.89. The fourth-order valence-corrected chi connectivity index (χ4v) is 8.65. The highest BCUT2D eigenvalue weighted by molar-refractivity contribution is 6.32. The third-order valence-electron chi connectivity index (χ3n) is 10.8. The second-order valence-corrected chi connectivity index (χ2v) is 14.5. The number of fused-ring (bicyclic) bond motifs is 5. The summed E-state index contributed by atoms with van der Waals surface area (Å²) in [6.45, 7) is 5.24. The number of benzene rings is 1. The Bertz CT molecular complexity index is 1890. The van der Waals surface area contributed by atoms with E-state index in [9.17, 15) is 4.39 Å². The minimum absolute atomic E-state index is 0.0537. The van der Waals surface area contributed by atoms with Crippen LogP contribution in [-0.4, -0.2) is 89.6 Å². The van der Waals surface area contributed by atoms with Crippen molar-refractivity contribution in [1.29, 1.82) is 0 Å². The van der Waals surface area contributed by atoms with Gasteiger partial charge in [0.25, 0.3) is 0 Å². The number of anilines is 3. The van der Waals surface area contributed by atoms with E-state index in [2.05, 4.69) is 20.4 Å². The molecule has 3 aromatic heterocycles. The number of hydrogen-bond acceptors (Lipinski definition) is 11. The van der Waals surface area contributed by atoms with E-state index in [1.54, 1.807) is 6.07 Å². The number of nitrogens with one attached hydrogen (secondary N) is 2. The normalized spacial score (nSPS) is 27.2. The summed E-state index contributed by atoms with van der Waals surface area (Å²) in [6.07, 6.45) is 5.78. The molecule has 11 nitrogen and oxygen atoms in total. The maximum absolute atomic E-state index is 14.6. The van der Waals surface area contributed by atoms with Gasteiger partial charge in [-0.15, -0.1) is 0 Å². The molecule has 0 amide bonds. The molecule has 2 bridgehead atoms. The van der Waals surface area contributed by atoms with Crippen molar-refractivity contribution in [1.82, 2.24) is 25.2 Å². The number of hydrogen-bond donors (Lipinski definition) is 3. The largest absolute Gasteiger partial charge is 0.487 e. The molecular formula is C34H40ClFN8O3. The summed E-state index contributed by atoms with van der Waals surface area (Å²) in [5.74, 6) is 2.28. The lowest BCUT2D eigenvalue weighted by Crippen LogP contribution is -2.51. The van der Waals surface area contributed by atoms with Crippen LogP contribution in [0, 0.1) is 6.92 Å². The van der Waals surface area contributed by atoms with E-state index in [4.69, 9.17) is 46.2 Å². The van der Waals surface area contributed by atoms with Gasteiger partial charge in [-0.3, -0.25) is 4.90 Å². The predicted octanol–water partition coefficient (Wildman–Crippen LogP) is 5.46. The van der Waals surface area contributed by atoms with Crippen molar-refractivity contribution < 1.29 is 18.3 Å². The molecule has 13 heteroatoms. The summed E-state index contributed by atoms with van der Waals surface area (Å²) in [5.41, 5.74) is 10.1. The smallest absolute Gasteiger partial charge is 0.319 e. The summed E-state index contributed by atoms with van der Waals surface area (Å²) in [4.78, 5) is 19.9. The molecule has 0 radical (unpaired) electrons. The molecule has 9 rings (SSSR count). The van der Waals surface area contributed by atoms with E-state index >= 15 is 0 Å². The molecule has 4 aromatic rings. The van der Waals surface area contributed by atoms with Gasteiger partial charge in [-0.05, 0) is 58.1 Å². The van der Waals surface area contributed by atoms with Crippen LogP contribution in [0.2, 0.25) is 5.02 Å². The molecule has 1 saturated carbocycles. The number of aromatic nitrogens is 3. The molecule has 0 spiro atoms. The SMILES string of the molecule is CNc1nc2c(N3CC4CCC(C3)N4)nc(OCC34CCCN3C[C@H](F)C4)nc2c(OC2CC2)c1-c1cc(Cl)cc2oc(N)c(C)c12. The first kappa shape index (κ1) is 29.5. The minimum atomic E-state index is -0.844. The third kappa shape index (κ3) is 4.93. The molecule has 1 aliphatic carbocycles. The van der Waals surface area contributed by atoms with Gasteiger partial charge in [0.15, 0.2) is 17.5 Å². The average Bonchev–Trinajstić information content (AvgIpc) is 3.44. The van der Waals surface area contributed by atoms with Crippen LogP contribution in [0.25, 0.3) is 33.1 Å². The lowest BCUT2D eigenvalue weighted by Gasteiger charge is -2.34. The van der Waals surface area contributed by atoms with Gasteiger partial charge in [0.05, 0.1) is 17.2 Å². The number of nitrogen functional groups attached to an aromatic ring is 1. The van der Waals surface area contributed by atoms with E-state index in [0.29, 0.717) is 70.7 Å². The highest BCUT2D eigenvalue weighted by atomic mass is 35.5. The van der Waals surface area contributed by atoms with Crippen molar-refractivity contribution in [2.75, 3.05) is 55.8 Å². The quantitative estimate of drug-likeness (QED) is 0.223. The van der Waals surface area contributed by atoms with Crippen molar-refractivity contribution in [3.8, 4) is 22.9 Å². The molecule has 4 N–H and O–H groups in total. The summed E-state index contributed by atoms with van der Waals surface area (Å²) in [7, 11) is 1.85. The number of halogens is 2. The van der Waals surface area contributed by atoms with Gasteiger partial charge in [0.1, 0.15) is 35.2 Å². The van der Waals surface area contributed by atoms with Gasteiger partial charge in [-0.2, -0.15) is 9.97 Å². The third-order valence-corrected chi connectivity index (χ3v) is 11.1. The summed E-state index contributed by atoms with van der Waals surface area (Å²) in [5, 5.41) is 8.42. The van der Waals surface area contributed by atoms with E-state index in [-0.39, 0.29) is 17.7 Å². The highest BCUT2D eigenvalue weighted by Crippen LogP contribution is 2.49. The van der Waals surface area contributed by atoms with E-state index in [1.165, 1.54) is 0 Å². The number of alkyl halides is 1. The molecule has 4 aliphatic heterocycles. The Labute approximate surface area is 277 Å². The number of nitrogens with two attached hydrogens (primary N) is 1. The Hall–Kier alpha value is -3.61. The zero-order chi connectivity index (χ0) is 32.0. The molecular weight excluding hydrogens is 623 g/mol. The summed E-state index contributed by atoms with van der Waals surface area (Å²) < 4.78 is 33.9. The fourth-order valence-electron chi connectivity index (χ4n) is 8.44. The van der Waals surface area contributed by atoms with Crippen LogP contribution in [0.15, 0.2) is 16.5 Å². The molecule has 3 unspecified atom stereocenters. The van der Waals surface area contributed by atoms with Crippen molar-refractivity contribution in [3.05, 3.63) is 22.7 Å². The topological polar surface area (TPSA) is 127 Å². The maximum atomic E-state index is 14.6. The first-order valence-electron chi connectivity index (χ1n) is 16.9. The first-order valence-corrected chi connectivity index (χ1v) is 17.3. The van der Waals surface area contributed by atoms with E-state index in [0.717, 1.165) is 86.1 Å². The van der Waals surface area contributed by atoms with Crippen molar-refractivity contribution in [2.24, 2.45) is 0 Å². The van der Waals surface area contributed by atoms with Crippen LogP contribution in [0.3, 0.4) is 0 Å². The molecule has 5 aliphatic rings. The molecule has 248 valence electrons. The zero-order valence-corrected chi connectivity index (χ0v) is 27.5. The van der Waals surface area contributed by atoms with Crippen LogP contribution >= 0.6 is 11.6 Å². The van der Waals surface area contributed by atoms with Gasteiger partial charge in [0.2, 0.25) is 0 Å². The standard InChI is InChI=1S/C34H40ClFN8O3/c1-17-25-23(10-18(35)11-24(25)47-30(17)37)26-29(46-22-6-7-22)27-28(40-31(26)38-2)32(43-14-20-4-5-21(15-43)39-20)42-33(41-27)45-16-34-8-3-9-44(34)13-19(36)12-34/h10-11,19-22,39H,3-9,12-16,37H2,1-2H3,(H,38,40)/t19-,20?,21?,34?/m1/s1. The highest BCUT2D eigenvalue weighted by Gasteiger charge is 2.49. The van der Waals surface area contributed by atoms with Crippen LogP contribution in [0.4, 0.5) is 21.9 Å². The van der Waals surface area contributed by atoms with Gasteiger partial charge >= 0.3 is 6.01 Å². The van der Waals surface area contributed by atoms with Crippen molar-refractivity contribution >= 4 is 51.1 Å². The van der Waals surface area contributed by atoms with Crippen LogP contribution < -0.4 is 30.7 Å². The van der Waals surface area contributed by atoms with Crippen LogP contribution in [-0.2, 0) is 0 Å². The number of furan rings is 1. The number of nitrogens with zero attached hydrogens (tertiary/aromatic N) is 5. The number of aryl methyl sites for hydroxylation is 1. The molecule has 7 heterocycles. The summed E-state index contributed by atoms with van der Waals surface area (Å²) in [6, 6.07) is 4.71. The number of piperazine rings is 1. The zero-order valence-electron chi connectivity index (χ0n) is 26.7. The Morgan fingerprint density at radius 2 is 1.94 bits per heavy atom. The van der Waals surface area contributed by atoms with Gasteiger partial charge in [0, 0.05) is 72.8 Å². The number of ether oxygens (including phenoxy) is 2. The number of pyridine rings is 1. The fraction of sp³-hybridized carbons (Fsp3) is 0.559. The Balaban J connectivity index is 1.25. The average molecular weight is 663 g/mol. The van der Waals surface area contributed by atoms with E-state index in [1.807, 2.05) is 20.0 Å². The summed E-state index contributed by atoms with van der Waals surface area (Å²) >= 11 is 6.69. The molecule has 5 fully saturated rings. The van der Waals surface area contributed by atoms with Crippen LogP contribution in [0.5, 0.6) is 11.8 Å². The van der Waals surface area contributed by atoms with Crippen LogP contribution in [0.1, 0.15) is 50.5 Å². The maximum Gasteiger partial charge on any atom is 0.319 e. The van der Waals surface area contributed by atoms with Gasteiger partial charge in [-0.25, -0.2) is 9.37 Å². The lowest BCUT2D eigenvalue weighted by atomic mass is 9.95. The molecule has 4 saturated heterocycles. The monoisotopic (exact) mass is 662 g/mol. The van der Waals surface area contributed by atoms with Crippen molar-refractivity contribution in [2.45, 2.75) is 81.8 Å². The molecule has 4 atom stereocenters. The Morgan fingerprint density at radius 3 is 2.70 bits per heavy atom. The number of rotatable bonds is 8. The van der Waals surface area contributed by atoms with Gasteiger partial charge < -0.3 is 35.2 Å². The predicted molar refractivity (Wildman–Crippen MR) is 181 cm³/mol. The Morgan fingerprint density at radius 1 is 1.13 bits per heavy atom. The van der Waals surface area contributed by atoms with Crippen molar-refractivity contribution in [3.63, 3.8) is 0 Å². The van der Waals surface area contributed by atoms with Gasteiger partial charge in [-0.1, -0.05) is 11.6 Å². The molecule has 1 aromatic carbocycles. The first-order chi connectivity index (χ1) is 22.8. The second kappa shape index (κ2) is 11.0. The van der Waals surface area contributed by atoms with E-state index < -0.39 is 6.17 Å².